The molecule has 1 heterocycles. The predicted octanol–water partition coefficient (Wildman–Crippen LogP) is 3.89. The Kier molecular flexibility index (Phi) is 8.54. The van der Waals surface area contributed by atoms with Crippen molar-refractivity contribution < 1.29 is 19.5 Å². The molecule has 2 aromatic rings. The van der Waals surface area contributed by atoms with Crippen LogP contribution in [-0.4, -0.2) is 29.1 Å². The van der Waals surface area contributed by atoms with E-state index in [0.29, 0.717) is 23.8 Å². The minimum absolute atomic E-state index is 0.0188. The number of nitrogens with two attached hydrogens (primary N) is 2. The van der Waals surface area contributed by atoms with Gasteiger partial charge in [0.1, 0.15) is 11.0 Å². The Labute approximate surface area is 209 Å². The number of thiophene rings is 1. The maximum atomic E-state index is 11.9. The minimum Gasteiger partial charge on any atom is -0.480 e. The first kappa shape index (κ1) is 26.3. The number of carbonyl (C=O) groups is 3. The number of primary amides is 2. The van der Waals surface area contributed by atoms with Gasteiger partial charge in [-0.05, 0) is 54.4 Å². The molecule has 0 aliphatic heterocycles. The second kappa shape index (κ2) is 11.4. The van der Waals surface area contributed by atoms with Gasteiger partial charge in [0, 0.05) is 12.1 Å². The lowest BCUT2D eigenvalue weighted by Gasteiger charge is -2.34. The molecule has 3 rings (SSSR count). The number of carbonyl (C=O) groups excluding carboxylic acids is 2. The molecule has 1 aromatic heterocycles. The first-order valence-corrected chi connectivity index (χ1v) is 12.4. The normalized spacial score (nSPS) is 14.7. The van der Waals surface area contributed by atoms with Gasteiger partial charge in [-0.2, -0.15) is 0 Å². The number of rotatable bonds is 9. The quantitative estimate of drug-likeness (QED) is 0.334. The van der Waals surface area contributed by atoms with Crippen molar-refractivity contribution in [2.75, 3.05) is 5.32 Å². The number of carboxylic acids is 1. The first-order chi connectivity index (χ1) is 16.5. The van der Waals surface area contributed by atoms with Gasteiger partial charge in [0.25, 0.3) is 5.91 Å². The number of urea groups is 1. The van der Waals surface area contributed by atoms with Crippen molar-refractivity contribution >= 4 is 34.2 Å². The summed E-state index contributed by atoms with van der Waals surface area (Å²) in [6.07, 6.45) is 5.43. The highest BCUT2D eigenvalue weighted by Crippen LogP contribution is 2.42. The molecule has 1 aromatic carbocycles. The molecular formula is C26H32N4O4S. The molecule has 186 valence electrons. The van der Waals surface area contributed by atoms with Crippen LogP contribution in [0.5, 0.6) is 0 Å². The number of hydrogen-bond acceptors (Lipinski definition) is 5. The van der Waals surface area contributed by atoms with Gasteiger partial charge >= 0.3 is 12.0 Å². The summed E-state index contributed by atoms with van der Waals surface area (Å²) in [5, 5.41) is 15.6. The van der Waals surface area contributed by atoms with E-state index in [2.05, 4.69) is 36.3 Å². The highest BCUT2D eigenvalue weighted by Gasteiger charge is 2.35. The van der Waals surface area contributed by atoms with Crippen LogP contribution >= 0.6 is 11.3 Å². The average Bonchev–Trinajstić information content (AvgIpc) is 3.46. The molecule has 7 N–H and O–H groups in total. The standard InChI is InChI=1S/C26H32N4O4S/c1-26(2,18-5-3-4-6-18)14-21(24(32)33)29-15-17-9-7-16(8-10-17)11-12-19-13-20(22(27)31)23(35-19)30-25(28)34/h7-10,13,18,21,29H,3-6,14-15H2,1-2H3,(H2,27,31)(H,32,33)(H3,28,30,34)/t21-/m0/s1. The topological polar surface area (TPSA) is 148 Å². The van der Waals surface area contributed by atoms with E-state index in [1.54, 1.807) is 0 Å². The number of carboxylic acid groups (broad SMARTS) is 1. The zero-order valence-electron chi connectivity index (χ0n) is 20.0. The Morgan fingerprint density at radius 3 is 2.37 bits per heavy atom. The fraction of sp³-hybridized carbons (Fsp3) is 0.423. The second-order valence-corrected chi connectivity index (χ2v) is 10.7. The molecule has 9 heteroatoms. The van der Waals surface area contributed by atoms with E-state index < -0.39 is 23.9 Å². The lowest BCUT2D eigenvalue weighted by atomic mass is 9.73. The van der Waals surface area contributed by atoms with Gasteiger partial charge in [-0.3, -0.25) is 14.9 Å². The number of anilines is 1. The fourth-order valence-electron chi connectivity index (χ4n) is 4.57. The summed E-state index contributed by atoms with van der Waals surface area (Å²) in [5.41, 5.74) is 12.3. The van der Waals surface area contributed by atoms with Gasteiger partial charge in [-0.1, -0.05) is 50.7 Å². The number of nitrogens with one attached hydrogen (secondary N) is 2. The molecule has 3 amide bonds. The van der Waals surface area contributed by atoms with E-state index in [0.717, 1.165) is 22.5 Å². The molecular weight excluding hydrogens is 464 g/mol. The van der Waals surface area contributed by atoms with E-state index in [9.17, 15) is 19.5 Å². The SMILES string of the molecule is CC(C)(C[C@H](NCc1ccc(C#Cc2cc(C(N)=O)c(NC(N)=O)s2)cc1)C(=O)O)C1CCCC1. The summed E-state index contributed by atoms with van der Waals surface area (Å²) < 4.78 is 0. The summed E-state index contributed by atoms with van der Waals surface area (Å²) in [4.78, 5) is 35.1. The van der Waals surface area contributed by atoms with Crippen LogP contribution in [0.15, 0.2) is 30.3 Å². The smallest absolute Gasteiger partial charge is 0.320 e. The summed E-state index contributed by atoms with van der Waals surface area (Å²) in [5.74, 6) is 5.05. The first-order valence-electron chi connectivity index (χ1n) is 11.6. The Morgan fingerprint density at radius 2 is 1.80 bits per heavy atom. The van der Waals surface area contributed by atoms with Crippen molar-refractivity contribution in [3.05, 3.63) is 51.9 Å². The average molecular weight is 497 g/mol. The maximum Gasteiger partial charge on any atom is 0.320 e. The third-order valence-electron chi connectivity index (χ3n) is 6.56. The number of aliphatic carboxylic acids is 1. The van der Waals surface area contributed by atoms with Gasteiger partial charge in [0.05, 0.1) is 10.4 Å². The Balaban J connectivity index is 1.62. The van der Waals surface area contributed by atoms with Crippen molar-refractivity contribution in [2.24, 2.45) is 22.8 Å². The van der Waals surface area contributed by atoms with Gasteiger partial charge in [-0.25, -0.2) is 4.79 Å². The molecule has 0 saturated heterocycles. The number of amides is 3. The number of benzene rings is 1. The van der Waals surface area contributed by atoms with E-state index in [1.165, 1.54) is 31.7 Å². The molecule has 35 heavy (non-hydrogen) atoms. The molecule has 0 bridgehead atoms. The van der Waals surface area contributed by atoms with Crippen LogP contribution in [0.4, 0.5) is 9.80 Å². The van der Waals surface area contributed by atoms with E-state index >= 15 is 0 Å². The molecule has 1 saturated carbocycles. The third kappa shape index (κ3) is 7.31. The van der Waals surface area contributed by atoms with Crippen molar-refractivity contribution in [1.29, 1.82) is 0 Å². The van der Waals surface area contributed by atoms with Crippen LogP contribution in [-0.2, 0) is 11.3 Å². The van der Waals surface area contributed by atoms with E-state index in [1.807, 2.05) is 24.3 Å². The van der Waals surface area contributed by atoms with Crippen LogP contribution < -0.4 is 22.1 Å². The molecule has 1 atom stereocenters. The zero-order valence-corrected chi connectivity index (χ0v) is 20.8. The van der Waals surface area contributed by atoms with Crippen molar-refractivity contribution in [2.45, 2.75) is 58.5 Å². The summed E-state index contributed by atoms with van der Waals surface area (Å²) in [7, 11) is 0. The molecule has 1 aliphatic carbocycles. The van der Waals surface area contributed by atoms with Crippen LogP contribution in [0, 0.1) is 23.2 Å². The highest BCUT2D eigenvalue weighted by atomic mass is 32.1. The van der Waals surface area contributed by atoms with Gasteiger partial charge in [0.2, 0.25) is 0 Å². The van der Waals surface area contributed by atoms with Gasteiger partial charge in [-0.15, -0.1) is 11.3 Å². The van der Waals surface area contributed by atoms with Crippen molar-refractivity contribution in [3.8, 4) is 11.8 Å². The maximum absolute atomic E-state index is 11.9. The summed E-state index contributed by atoms with van der Waals surface area (Å²) >= 11 is 1.11. The monoisotopic (exact) mass is 496 g/mol. The second-order valence-electron chi connectivity index (χ2n) is 9.60. The lowest BCUT2D eigenvalue weighted by Crippen LogP contribution is -2.41. The van der Waals surface area contributed by atoms with Crippen LogP contribution in [0.25, 0.3) is 0 Å². The third-order valence-corrected chi connectivity index (χ3v) is 7.53. The fourth-order valence-corrected chi connectivity index (χ4v) is 5.49. The molecule has 1 aliphatic rings. The van der Waals surface area contributed by atoms with Gasteiger partial charge < -0.3 is 21.9 Å². The molecule has 1 fully saturated rings. The highest BCUT2D eigenvalue weighted by molar-refractivity contribution is 7.17. The van der Waals surface area contributed by atoms with Gasteiger partial charge in [0.15, 0.2) is 0 Å². The van der Waals surface area contributed by atoms with Crippen LogP contribution in [0.2, 0.25) is 0 Å². The Bertz CT molecular complexity index is 1140. The summed E-state index contributed by atoms with van der Waals surface area (Å²) in [6.45, 7) is 4.81. The molecule has 8 nitrogen and oxygen atoms in total. The zero-order chi connectivity index (χ0) is 25.6. The predicted molar refractivity (Wildman–Crippen MR) is 137 cm³/mol. The largest absolute Gasteiger partial charge is 0.480 e. The molecule has 0 spiro atoms. The Hall–Kier alpha value is -3.35. The number of hydrogen-bond donors (Lipinski definition) is 5. The Morgan fingerprint density at radius 1 is 1.14 bits per heavy atom. The lowest BCUT2D eigenvalue weighted by molar-refractivity contribution is -0.140. The van der Waals surface area contributed by atoms with Crippen molar-refractivity contribution in [1.82, 2.24) is 5.32 Å². The summed E-state index contributed by atoms with van der Waals surface area (Å²) in [6, 6.07) is 7.64. The minimum atomic E-state index is -0.824. The van der Waals surface area contributed by atoms with Crippen LogP contribution in [0.1, 0.15) is 72.3 Å². The van der Waals surface area contributed by atoms with E-state index in [-0.39, 0.29) is 16.0 Å². The molecule has 0 radical (unpaired) electrons. The van der Waals surface area contributed by atoms with E-state index in [4.69, 9.17) is 11.5 Å². The molecule has 0 unspecified atom stereocenters. The van der Waals surface area contributed by atoms with Crippen LogP contribution in [0.3, 0.4) is 0 Å². The van der Waals surface area contributed by atoms with Crippen molar-refractivity contribution in [3.63, 3.8) is 0 Å².